The van der Waals surface area contributed by atoms with Gasteiger partial charge < -0.3 is 19.5 Å². The van der Waals surface area contributed by atoms with Crippen LogP contribution in [-0.2, 0) is 9.53 Å². The second-order valence-corrected chi connectivity index (χ2v) is 6.43. The first-order valence-electron chi connectivity index (χ1n) is 9.11. The van der Waals surface area contributed by atoms with Gasteiger partial charge in [0.05, 0.1) is 18.8 Å². The van der Waals surface area contributed by atoms with Crippen molar-refractivity contribution in [3.8, 4) is 11.5 Å². The van der Waals surface area contributed by atoms with E-state index < -0.39 is 18.0 Å². The van der Waals surface area contributed by atoms with Gasteiger partial charge in [-0.15, -0.1) is 0 Å². The zero-order valence-corrected chi connectivity index (χ0v) is 16.9. The summed E-state index contributed by atoms with van der Waals surface area (Å²) >= 11 is 5.90. The molecule has 7 heteroatoms. The second kappa shape index (κ2) is 10.6. The van der Waals surface area contributed by atoms with Crippen LogP contribution in [0.5, 0.6) is 11.5 Å². The Bertz CT molecular complexity index is 824. The SMILES string of the molecule is CCCOc1ccc(C(=O)O[C@H](C)C(=O)Nc2cccc(Cl)c2)cc1OCC. The van der Waals surface area contributed by atoms with Crippen LogP contribution in [0, 0.1) is 0 Å². The van der Waals surface area contributed by atoms with E-state index in [9.17, 15) is 9.59 Å². The van der Waals surface area contributed by atoms with E-state index in [-0.39, 0.29) is 5.56 Å². The summed E-state index contributed by atoms with van der Waals surface area (Å²) in [7, 11) is 0. The number of anilines is 1. The fraction of sp³-hybridized carbons (Fsp3) is 0.333. The highest BCUT2D eigenvalue weighted by atomic mass is 35.5. The van der Waals surface area contributed by atoms with Crippen molar-refractivity contribution < 1.29 is 23.8 Å². The lowest BCUT2D eigenvalue weighted by Gasteiger charge is -2.15. The summed E-state index contributed by atoms with van der Waals surface area (Å²) in [6.45, 7) is 6.32. The summed E-state index contributed by atoms with van der Waals surface area (Å²) in [4.78, 5) is 24.7. The molecule has 1 N–H and O–H groups in total. The zero-order valence-electron chi connectivity index (χ0n) is 16.2. The van der Waals surface area contributed by atoms with Crippen molar-refractivity contribution in [2.45, 2.75) is 33.3 Å². The number of carbonyl (C=O) groups is 2. The molecule has 0 aliphatic carbocycles. The molecular weight excluding hydrogens is 382 g/mol. The number of hydrogen-bond donors (Lipinski definition) is 1. The molecule has 2 rings (SSSR count). The molecule has 0 fully saturated rings. The van der Waals surface area contributed by atoms with E-state index in [1.165, 1.54) is 6.92 Å². The van der Waals surface area contributed by atoms with Gasteiger partial charge in [0.25, 0.3) is 5.91 Å². The Morgan fingerprint density at radius 1 is 1.07 bits per heavy atom. The van der Waals surface area contributed by atoms with Crippen LogP contribution in [-0.4, -0.2) is 31.2 Å². The molecule has 0 saturated heterocycles. The molecule has 0 unspecified atom stereocenters. The highest BCUT2D eigenvalue weighted by Crippen LogP contribution is 2.29. The molecule has 1 amide bonds. The Labute approximate surface area is 169 Å². The van der Waals surface area contributed by atoms with Gasteiger partial charge in [0.1, 0.15) is 0 Å². The molecule has 0 aliphatic heterocycles. The number of esters is 1. The Kier molecular flexibility index (Phi) is 8.14. The summed E-state index contributed by atoms with van der Waals surface area (Å²) in [5, 5.41) is 3.15. The topological polar surface area (TPSA) is 73.9 Å². The zero-order chi connectivity index (χ0) is 20.5. The standard InChI is InChI=1S/C21H24ClNO5/c1-4-11-27-18-10-9-15(12-19(18)26-5-2)21(25)28-14(3)20(24)23-17-8-6-7-16(22)13-17/h6-10,12-14H,4-5,11H2,1-3H3,(H,23,24)/t14-/m1/s1. The van der Waals surface area contributed by atoms with Gasteiger partial charge in [-0.1, -0.05) is 24.6 Å². The van der Waals surface area contributed by atoms with E-state index in [0.717, 1.165) is 6.42 Å². The van der Waals surface area contributed by atoms with Crippen molar-refractivity contribution in [1.29, 1.82) is 0 Å². The van der Waals surface area contributed by atoms with Crippen LogP contribution in [0.1, 0.15) is 37.6 Å². The van der Waals surface area contributed by atoms with Crippen molar-refractivity contribution >= 4 is 29.2 Å². The molecule has 0 aromatic heterocycles. The predicted octanol–water partition coefficient (Wildman–Crippen LogP) is 4.71. The Hall–Kier alpha value is -2.73. The lowest BCUT2D eigenvalue weighted by molar-refractivity contribution is -0.123. The van der Waals surface area contributed by atoms with E-state index in [1.54, 1.807) is 42.5 Å². The first kappa shape index (κ1) is 21.6. The third-order valence-corrected chi connectivity index (χ3v) is 3.92. The third-order valence-electron chi connectivity index (χ3n) is 3.69. The highest BCUT2D eigenvalue weighted by Gasteiger charge is 2.20. The number of carbonyl (C=O) groups excluding carboxylic acids is 2. The Balaban J connectivity index is 2.04. The summed E-state index contributed by atoms with van der Waals surface area (Å²) in [5.74, 6) is -0.0614. The summed E-state index contributed by atoms with van der Waals surface area (Å²) in [6, 6.07) is 11.5. The van der Waals surface area contributed by atoms with E-state index in [0.29, 0.717) is 35.4 Å². The molecule has 6 nitrogen and oxygen atoms in total. The lowest BCUT2D eigenvalue weighted by Crippen LogP contribution is -2.30. The molecule has 0 aliphatic rings. The van der Waals surface area contributed by atoms with E-state index in [4.69, 9.17) is 25.8 Å². The number of benzene rings is 2. The van der Waals surface area contributed by atoms with E-state index in [1.807, 2.05) is 13.8 Å². The van der Waals surface area contributed by atoms with Gasteiger partial charge >= 0.3 is 5.97 Å². The van der Waals surface area contributed by atoms with Gasteiger partial charge in [-0.3, -0.25) is 4.79 Å². The number of halogens is 1. The van der Waals surface area contributed by atoms with Crippen LogP contribution in [0.3, 0.4) is 0 Å². The number of ether oxygens (including phenoxy) is 3. The molecule has 2 aromatic carbocycles. The van der Waals surface area contributed by atoms with Crippen molar-refractivity contribution in [2.75, 3.05) is 18.5 Å². The Morgan fingerprint density at radius 3 is 2.54 bits per heavy atom. The fourth-order valence-corrected chi connectivity index (χ4v) is 2.52. The number of rotatable bonds is 9. The average molecular weight is 406 g/mol. The maximum absolute atomic E-state index is 12.4. The maximum atomic E-state index is 12.4. The molecule has 2 aromatic rings. The van der Waals surface area contributed by atoms with Crippen molar-refractivity contribution in [2.24, 2.45) is 0 Å². The van der Waals surface area contributed by atoms with Gasteiger partial charge in [0.2, 0.25) is 0 Å². The number of nitrogens with one attached hydrogen (secondary N) is 1. The second-order valence-electron chi connectivity index (χ2n) is 5.99. The van der Waals surface area contributed by atoms with Crippen LogP contribution in [0.2, 0.25) is 5.02 Å². The van der Waals surface area contributed by atoms with Crippen LogP contribution in [0.25, 0.3) is 0 Å². The molecule has 0 spiro atoms. The van der Waals surface area contributed by atoms with Gasteiger partial charge in [-0.25, -0.2) is 4.79 Å². The van der Waals surface area contributed by atoms with E-state index in [2.05, 4.69) is 5.32 Å². The fourth-order valence-electron chi connectivity index (χ4n) is 2.33. The third kappa shape index (κ3) is 6.16. The summed E-state index contributed by atoms with van der Waals surface area (Å²) < 4.78 is 16.4. The minimum Gasteiger partial charge on any atom is -0.490 e. The first-order chi connectivity index (χ1) is 13.4. The largest absolute Gasteiger partial charge is 0.490 e. The van der Waals surface area contributed by atoms with Crippen molar-refractivity contribution in [3.05, 3.63) is 53.1 Å². The van der Waals surface area contributed by atoms with Gasteiger partial charge in [-0.05, 0) is 56.7 Å². The predicted molar refractivity (Wildman–Crippen MR) is 108 cm³/mol. The van der Waals surface area contributed by atoms with Crippen LogP contribution in [0.4, 0.5) is 5.69 Å². The van der Waals surface area contributed by atoms with Gasteiger partial charge in [0.15, 0.2) is 17.6 Å². The summed E-state index contributed by atoms with van der Waals surface area (Å²) in [5.41, 5.74) is 0.797. The normalized spacial score (nSPS) is 11.4. The van der Waals surface area contributed by atoms with Crippen LogP contribution in [0.15, 0.2) is 42.5 Å². The smallest absolute Gasteiger partial charge is 0.339 e. The van der Waals surface area contributed by atoms with Crippen LogP contribution < -0.4 is 14.8 Å². The van der Waals surface area contributed by atoms with E-state index >= 15 is 0 Å². The molecule has 0 bridgehead atoms. The molecular formula is C21H24ClNO5. The maximum Gasteiger partial charge on any atom is 0.339 e. The summed E-state index contributed by atoms with van der Waals surface area (Å²) in [6.07, 6.45) is -0.132. The monoisotopic (exact) mass is 405 g/mol. The molecule has 28 heavy (non-hydrogen) atoms. The van der Waals surface area contributed by atoms with Crippen molar-refractivity contribution in [3.63, 3.8) is 0 Å². The highest BCUT2D eigenvalue weighted by molar-refractivity contribution is 6.30. The Morgan fingerprint density at radius 2 is 1.86 bits per heavy atom. The van der Waals surface area contributed by atoms with Gasteiger partial charge in [-0.2, -0.15) is 0 Å². The van der Waals surface area contributed by atoms with Crippen molar-refractivity contribution in [1.82, 2.24) is 0 Å². The average Bonchev–Trinajstić information content (AvgIpc) is 2.67. The van der Waals surface area contributed by atoms with Gasteiger partial charge in [0, 0.05) is 10.7 Å². The molecule has 1 atom stereocenters. The minimum absolute atomic E-state index is 0.273. The molecule has 150 valence electrons. The first-order valence-corrected chi connectivity index (χ1v) is 9.49. The van der Waals surface area contributed by atoms with Crippen LogP contribution >= 0.6 is 11.6 Å². The quantitative estimate of drug-likeness (QED) is 0.611. The number of hydrogen-bond acceptors (Lipinski definition) is 5. The number of amides is 1. The molecule has 0 radical (unpaired) electrons. The molecule has 0 saturated carbocycles. The lowest BCUT2D eigenvalue weighted by atomic mass is 10.2. The minimum atomic E-state index is -0.988. The molecule has 0 heterocycles.